The number of hydrogen-bond donors (Lipinski definition) is 0. The van der Waals surface area contributed by atoms with Crippen LogP contribution in [0.15, 0.2) is 54.6 Å². The monoisotopic (exact) mass is 444 g/mol. The van der Waals surface area contributed by atoms with Gasteiger partial charge in [0.2, 0.25) is 0 Å². The molecule has 2 aromatic carbocycles. The molecule has 0 bridgehead atoms. The van der Waals surface area contributed by atoms with Gasteiger partial charge in [0, 0.05) is 0 Å². The number of carbonyl (C=O) groups is 1. The van der Waals surface area contributed by atoms with E-state index in [-0.39, 0.29) is 32.7 Å². The zero-order chi connectivity index (χ0) is 19.3. The van der Waals surface area contributed by atoms with Crippen LogP contribution in [0.5, 0.6) is 0 Å². The number of ether oxygens (including phenoxy) is 2. The quantitative estimate of drug-likeness (QED) is 0.520. The third-order valence-electron chi connectivity index (χ3n) is 4.24. The van der Waals surface area contributed by atoms with Crippen molar-refractivity contribution in [2.24, 2.45) is 0 Å². The summed E-state index contributed by atoms with van der Waals surface area (Å²) < 4.78 is 50.5. The van der Waals surface area contributed by atoms with Crippen molar-refractivity contribution in [2.45, 2.75) is 36.5 Å². The van der Waals surface area contributed by atoms with E-state index in [2.05, 4.69) is 12.1 Å². The summed E-state index contributed by atoms with van der Waals surface area (Å²) in [6.45, 7) is 0.629. The Balaban J connectivity index is 1.60. The third kappa shape index (κ3) is 5.58. The molecule has 0 radical (unpaired) electrons. The van der Waals surface area contributed by atoms with Gasteiger partial charge in [0.15, 0.2) is 0 Å². The number of benzene rings is 2. The molecule has 27 heavy (non-hydrogen) atoms. The Hall–Kier alpha value is -1.82. The molecule has 3 nitrogen and oxygen atoms in total. The molecule has 2 atom stereocenters. The average Bonchev–Trinajstić information content (AvgIpc) is 2.67. The second-order valence-electron chi connectivity index (χ2n) is 6.19. The van der Waals surface area contributed by atoms with E-state index < -0.39 is 17.7 Å². The van der Waals surface area contributed by atoms with E-state index >= 15 is 0 Å². The molecular weight excluding hydrogens is 424 g/mol. The molecule has 1 heterocycles. The summed E-state index contributed by atoms with van der Waals surface area (Å²) in [6, 6.07) is 14.1. The molecule has 0 unspecified atom stereocenters. The normalized spacial score (nSPS) is 20.3. The summed E-state index contributed by atoms with van der Waals surface area (Å²) >= 11 is 0.197. The van der Waals surface area contributed by atoms with Gasteiger partial charge in [-0.3, -0.25) is 0 Å². The zero-order valence-corrected chi connectivity index (χ0v) is 16.2. The molecule has 1 aliphatic heterocycles. The first-order valence-electron chi connectivity index (χ1n) is 8.61. The van der Waals surface area contributed by atoms with E-state index in [1.807, 2.05) is 18.2 Å². The maximum atomic E-state index is 12.6. The molecule has 0 saturated carbocycles. The Kier molecular flexibility index (Phi) is 6.58. The molecular formula is C20H19F3O3Se. The summed E-state index contributed by atoms with van der Waals surface area (Å²) in [7, 11) is 0. The molecule has 0 amide bonds. The van der Waals surface area contributed by atoms with Crippen LogP contribution in [0.2, 0.25) is 5.32 Å². The van der Waals surface area contributed by atoms with E-state index in [1.54, 1.807) is 0 Å². The molecule has 3 rings (SSSR count). The Labute approximate surface area is 162 Å². The minimum absolute atomic E-state index is 0.112. The van der Waals surface area contributed by atoms with Gasteiger partial charge < -0.3 is 0 Å². The number of hydrogen-bond acceptors (Lipinski definition) is 3. The SMILES string of the molecule is O=C(O[C@@H]1CCCO[C@H]1C[Se]c1ccccc1)c1ccc(C(F)(F)F)cc1. The average molecular weight is 443 g/mol. The van der Waals surface area contributed by atoms with Crippen molar-refractivity contribution in [3.63, 3.8) is 0 Å². The van der Waals surface area contributed by atoms with Gasteiger partial charge in [-0.25, -0.2) is 0 Å². The fraction of sp³-hybridized carbons (Fsp3) is 0.350. The van der Waals surface area contributed by atoms with Crippen molar-refractivity contribution in [1.82, 2.24) is 0 Å². The number of halogens is 3. The van der Waals surface area contributed by atoms with Gasteiger partial charge >= 0.3 is 162 Å². The van der Waals surface area contributed by atoms with Gasteiger partial charge in [0.25, 0.3) is 0 Å². The van der Waals surface area contributed by atoms with Crippen LogP contribution in [0.3, 0.4) is 0 Å². The standard InChI is InChI=1S/C20H19F3O3Se/c21-20(22,23)15-10-8-14(9-11-15)19(24)26-17-7-4-12-25-18(17)13-27-16-5-2-1-3-6-16/h1-3,5-6,8-11,17-18H,4,7,12-13H2/t17-,18+/m1/s1. The van der Waals surface area contributed by atoms with Crippen molar-refractivity contribution in [3.8, 4) is 0 Å². The number of esters is 1. The molecule has 0 aliphatic carbocycles. The van der Waals surface area contributed by atoms with Crippen molar-refractivity contribution in [3.05, 3.63) is 65.7 Å². The molecule has 0 spiro atoms. The van der Waals surface area contributed by atoms with E-state index in [0.29, 0.717) is 13.0 Å². The molecule has 0 N–H and O–H groups in total. The van der Waals surface area contributed by atoms with Crippen LogP contribution in [0, 0.1) is 0 Å². The number of carbonyl (C=O) groups excluding carboxylic acids is 1. The number of alkyl halides is 3. The third-order valence-corrected chi connectivity index (χ3v) is 6.55. The minimum atomic E-state index is -4.43. The topological polar surface area (TPSA) is 35.5 Å². The van der Waals surface area contributed by atoms with Crippen LogP contribution in [0.4, 0.5) is 13.2 Å². The Bertz CT molecular complexity index is 747. The van der Waals surface area contributed by atoms with Crippen LogP contribution < -0.4 is 4.46 Å². The van der Waals surface area contributed by atoms with E-state index in [9.17, 15) is 18.0 Å². The van der Waals surface area contributed by atoms with Crippen LogP contribution in [-0.4, -0.2) is 39.7 Å². The fourth-order valence-electron chi connectivity index (χ4n) is 2.80. The predicted molar refractivity (Wildman–Crippen MR) is 96.3 cm³/mol. The molecule has 144 valence electrons. The van der Waals surface area contributed by atoms with Crippen molar-refractivity contribution in [2.75, 3.05) is 6.61 Å². The first-order chi connectivity index (χ1) is 12.9. The van der Waals surface area contributed by atoms with E-state index in [1.165, 1.54) is 4.46 Å². The number of rotatable bonds is 5. The van der Waals surface area contributed by atoms with Gasteiger partial charge in [-0.05, 0) is 0 Å². The summed E-state index contributed by atoms with van der Waals surface area (Å²) in [5.74, 6) is -0.614. The van der Waals surface area contributed by atoms with Crippen LogP contribution >= 0.6 is 0 Å². The maximum absolute atomic E-state index is 12.6. The van der Waals surface area contributed by atoms with Crippen LogP contribution in [-0.2, 0) is 15.7 Å². The fourth-order valence-corrected chi connectivity index (χ4v) is 4.93. The van der Waals surface area contributed by atoms with Crippen LogP contribution in [0.1, 0.15) is 28.8 Å². The zero-order valence-electron chi connectivity index (χ0n) is 14.4. The van der Waals surface area contributed by atoms with Crippen molar-refractivity contribution < 1.29 is 27.4 Å². The Morgan fingerprint density at radius 3 is 2.48 bits per heavy atom. The molecule has 1 aliphatic rings. The second-order valence-corrected chi connectivity index (χ2v) is 8.49. The van der Waals surface area contributed by atoms with E-state index in [0.717, 1.165) is 36.0 Å². The summed E-state index contributed by atoms with van der Waals surface area (Å²) in [4.78, 5) is 12.3. The van der Waals surface area contributed by atoms with Gasteiger partial charge in [-0.15, -0.1) is 0 Å². The molecule has 1 fully saturated rings. The first kappa shape index (κ1) is 19.9. The molecule has 0 aromatic heterocycles. The Morgan fingerprint density at radius 1 is 1.11 bits per heavy atom. The van der Waals surface area contributed by atoms with Gasteiger partial charge in [-0.2, -0.15) is 0 Å². The van der Waals surface area contributed by atoms with Crippen molar-refractivity contribution >= 4 is 25.4 Å². The summed E-state index contributed by atoms with van der Waals surface area (Å²) in [5.41, 5.74) is -0.676. The van der Waals surface area contributed by atoms with E-state index in [4.69, 9.17) is 9.47 Å². The predicted octanol–water partition coefficient (Wildman–Crippen LogP) is 3.86. The molecule has 7 heteroatoms. The summed E-state index contributed by atoms with van der Waals surface area (Å²) in [6.07, 6.45) is -3.50. The van der Waals surface area contributed by atoms with Crippen LogP contribution in [0.25, 0.3) is 0 Å². The molecule has 2 aromatic rings. The molecule has 1 saturated heterocycles. The summed E-state index contributed by atoms with van der Waals surface area (Å²) in [5, 5.41) is 0.780. The Morgan fingerprint density at radius 2 is 1.81 bits per heavy atom. The van der Waals surface area contributed by atoms with Gasteiger partial charge in [-0.1, -0.05) is 0 Å². The first-order valence-corrected chi connectivity index (χ1v) is 10.7. The second kappa shape index (κ2) is 8.91. The van der Waals surface area contributed by atoms with Crippen molar-refractivity contribution in [1.29, 1.82) is 0 Å². The van der Waals surface area contributed by atoms with Gasteiger partial charge in [0.05, 0.1) is 0 Å². The van der Waals surface area contributed by atoms with Gasteiger partial charge in [0.1, 0.15) is 0 Å².